The molecule has 0 saturated carbocycles. The topological polar surface area (TPSA) is 73.4 Å². The SMILES string of the molecule is COc1ccc(C(N)=Nc2nc(-c3ccccn3)cc3ccccc23)cc1. The van der Waals surface area contributed by atoms with Crippen molar-refractivity contribution < 1.29 is 4.74 Å². The van der Waals surface area contributed by atoms with Gasteiger partial charge in [0, 0.05) is 17.1 Å². The third-order valence-electron chi connectivity index (χ3n) is 4.26. The van der Waals surface area contributed by atoms with Crippen LogP contribution < -0.4 is 10.5 Å². The summed E-state index contributed by atoms with van der Waals surface area (Å²) in [5.74, 6) is 1.74. The lowest BCUT2D eigenvalue weighted by Gasteiger charge is -2.08. The molecule has 0 aliphatic carbocycles. The maximum Gasteiger partial charge on any atom is 0.162 e. The Morgan fingerprint density at radius 3 is 2.44 bits per heavy atom. The molecule has 0 atom stereocenters. The number of amidine groups is 1. The van der Waals surface area contributed by atoms with Gasteiger partial charge in [0.05, 0.1) is 18.5 Å². The molecule has 0 amide bonds. The van der Waals surface area contributed by atoms with Gasteiger partial charge in [-0.1, -0.05) is 30.3 Å². The van der Waals surface area contributed by atoms with Gasteiger partial charge < -0.3 is 10.5 Å². The van der Waals surface area contributed by atoms with Crippen LogP contribution in [-0.2, 0) is 0 Å². The van der Waals surface area contributed by atoms with Crippen LogP contribution in [0.4, 0.5) is 5.82 Å². The van der Waals surface area contributed by atoms with Crippen LogP contribution in [0.3, 0.4) is 0 Å². The predicted molar refractivity (Wildman–Crippen MR) is 108 cm³/mol. The van der Waals surface area contributed by atoms with Gasteiger partial charge in [0.15, 0.2) is 5.82 Å². The fourth-order valence-electron chi connectivity index (χ4n) is 2.85. The van der Waals surface area contributed by atoms with Crippen LogP contribution in [-0.4, -0.2) is 22.9 Å². The Labute approximate surface area is 157 Å². The highest BCUT2D eigenvalue weighted by Gasteiger charge is 2.09. The number of nitrogens with zero attached hydrogens (tertiary/aromatic N) is 3. The van der Waals surface area contributed by atoms with E-state index in [4.69, 9.17) is 15.5 Å². The normalized spacial score (nSPS) is 11.5. The first kappa shape index (κ1) is 16.7. The number of benzene rings is 2. The van der Waals surface area contributed by atoms with Crippen molar-refractivity contribution in [3.63, 3.8) is 0 Å². The zero-order valence-corrected chi connectivity index (χ0v) is 14.8. The van der Waals surface area contributed by atoms with Gasteiger partial charge in [0.1, 0.15) is 11.6 Å². The third-order valence-corrected chi connectivity index (χ3v) is 4.26. The summed E-state index contributed by atoms with van der Waals surface area (Å²) in [5, 5.41) is 1.98. The minimum absolute atomic E-state index is 0.397. The molecule has 2 heterocycles. The summed E-state index contributed by atoms with van der Waals surface area (Å²) in [6.07, 6.45) is 1.75. The fraction of sp³-hybridized carbons (Fsp3) is 0.0455. The quantitative estimate of drug-likeness (QED) is 0.437. The van der Waals surface area contributed by atoms with Gasteiger partial charge in [0.25, 0.3) is 0 Å². The molecule has 0 unspecified atom stereocenters. The van der Waals surface area contributed by atoms with Gasteiger partial charge in [-0.15, -0.1) is 0 Å². The zero-order chi connectivity index (χ0) is 18.6. The standard InChI is InChI=1S/C22H18N4O/c1-27-17-11-9-15(10-12-17)21(23)26-22-18-7-3-2-6-16(18)14-20(25-22)19-8-4-5-13-24-19/h2-14H,1H3,(H2,23,25,26). The number of hydrogen-bond donors (Lipinski definition) is 1. The van der Waals surface area contributed by atoms with Crippen molar-refractivity contribution in [3.05, 3.63) is 84.6 Å². The molecule has 0 bridgehead atoms. The van der Waals surface area contributed by atoms with E-state index in [2.05, 4.69) is 9.98 Å². The monoisotopic (exact) mass is 354 g/mol. The summed E-state index contributed by atoms with van der Waals surface area (Å²) in [5.41, 5.74) is 8.62. The molecule has 0 aliphatic rings. The van der Waals surface area contributed by atoms with Crippen molar-refractivity contribution in [2.75, 3.05) is 7.11 Å². The number of hydrogen-bond acceptors (Lipinski definition) is 4. The highest BCUT2D eigenvalue weighted by Crippen LogP contribution is 2.29. The van der Waals surface area contributed by atoms with E-state index in [1.165, 1.54) is 0 Å². The van der Waals surface area contributed by atoms with Crippen LogP contribution in [0.25, 0.3) is 22.2 Å². The predicted octanol–water partition coefficient (Wildman–Crippen LogP) is 4.34. The number of rotatable bonds is 4. The number of fused-ring (bicyclic) bond motifs is 1. The molecular weight excluding hydrogens is 336 g/mol. The Hall–Kier alpha value is -3.73. The Bertz CT molecular complexity index is 1110. The number of ether oxygens (including phenoxy) is 1. The lowest BCUT2D eigenvalue weighted by Crippen LogP contribution is -2.12. The van der Waals surface area contributed by atoms with E-state index in [0.717, 1.165) is 33.5 Å². The molecule has 5 nitrogen and oxygen atoms in total. The molecule has 2 aromatic carbocycles. The third kappa shape index (κ3) is 3.48. The highest BCUT2D eigenvalue weighted by molar-refractivity contribution is 6.02. The first-order valence-corrected chi connectivity index (χ1v) is 8.54. The molecule has 0 radical (unpaired) electrons. The lowest BCUT2D eigenvalue weighted by molar-refractivity contribution is 0.415. The van der Waals surface area contributed by atoms with Gasteiger partial charge >= 0.3 is 0 Å². The minimum atomic E-state index is 0.397. The number of methoxy groups -OCH3 is 1. The van der Waals surface area contributed by atoms with E-state index >= 15 is 0 Å². The first-order valence-electron chi connectivity index (χ1n) is 8.54. The van der Waals surface area contributed by atoms with Gasteiger partial charge in [-0.25, -0.2) is 9.98 Å². The smallest absolute Gasteiger partial charge is 0.162 e. The summed E-state index contributed by atoms with van der Waals surface area (Å²) < 4.78 is 5.19. The summed E-state index contributed by atoms with van der Waals surface area (Å²) in [4.78, 5) is 13.7. The van der Waals surface area contributed by atoms with Crippen molar-refractivity contribution in [2.24, 2.45) is 10.7 Å². The molecule has 27 heavy (non-hydrogen) atoms. The van der Waals surface area contributed by atoms with E-state index in [1.54, 1.807) is 13.3 Å². The minimum Gasteiger partial charge on any atom is -0.497 e. The summed E-state index contributed by atoms with van der Waals surface area (Å²) in [6, 6.07) is 23.2. The van der Waals surface area contributed by atoms with Gasteiger partial charge in [-0.2, -0.15) is 0 Å². The molecular formula is C22H18N4O. The van der Waals surface area contributed by atoms with Crippen LogP contribution in [0.1, 0.15) is 5.56 Å². The zero-order valence-electron chi connectivity index (χ0n) is 14.8. The second-order valence-corrected chi connectivity index (χ2v) is 5.99. The Balaban J connectivity index is 1.84. The molecule has 4 rings (SSSR count). The second-order valence-electron chi connectivity index (χ2n) is 5.99. The van der Waals surface area contributed by atoms with E-state index in [9.17, 15) is 0 Å². The van der Waals surface area contributed by atoms with Crippen molar-refractivity contribution in [2.45, 2.75) is 0 Å². The van der Waals surface area contributed by atoms with Crippen molar-refractivity contribution in [1.82, 2.24) is 9.97 Å². The Kier molecular flexibility index (Phi) is 4.49. The van der Waals surface area contributed by atoms with Crippen molar-refractivity contribution in [3.8, 4) is 17.1 Å². The molecule has 132 valence electrons. The van der Waals surface area contributed by atoms with Crippen molar-refractivity contribution in [1.29, 1.82) is 0 Å². The average Bonchev–Trinajstić information content (AvgIpc) is 2.74. The lowest BCUT2D eigenvalue weighted by atomic mass is 10.1. The van der Waals surface area contributed by atoms with E-state index in [0.29, 0.717) is 11.7 Å². The molecule has 0 saturated heterocycles. The average molecular weight is 354 g/mol. The molecule has 2 N–H and O–H groups in total. The van der Waals surface area contributed by atoms with Gasteiger partial charge in [-0.3, -0.25) is 4.98 Å². The maximum atomic E-state index is 6.25. The van der Waals surface area contributed by atoms with Crippen molar-refractivity contribution >= 4 is 22.4 Å². The van der Waals surface area contributed by atoms with Gasteiger partial charge in [-0.05, 0) is 47.9 Å². The second kappa shape index (κ2) is 7.25. The number of aliphatic imine (C=N–C) groups is 1. The van der Waals surface area contributed by atoms with Crippen LogP contribution in [0.2, 0.25) is 0 Å². The van der Waals surface area contributed by atoms with E-state index in [1.807, 2.05) is 72.8 Å². The number of aromatic nitrogens is 2. The molecule has 2 aromatic heterocycles. The molecule has 0 spiro atoms. The summed E-state index contributed by atoms with van der Waals surface area (Å²) in [7, 11) is 1.63. The van der Waals surface area contributed by atoms with Gasteiger partial charge in [0.2, 0.25) is 0 Å². The molecule has 5 heteroatoms. The highest BCUT2D eigenvalue weighted by atomic mass is 16.5. The number of nitrogens with two attached hydrogens (primary N) is 1. The van der Waals surface area contributed by atoms with E-state index in [-0.39, 0.29) is 0 Å². The molecule has 0 aliphatic heterocycles. The summed E-state index contributed by atoms with van der Waals surface area (Å²) >= 11 is 0. The number of pyridine rings is 2. The molecule has 0 fully saturated rings. The van der Waals surface area contributed by atoms with E-state index < -0.39 is 0 Å². The van der Waals surface area contributed by atoms with Crippen LogP contribution in [0.15, 0.2) is 84.0 Å². The first-order chi connectivity index (χ1) is 13.2. The Morgan fingerprint density at radius 2 is 1.70 bits per heavy atom. The maximum absolute atomic E-state index is 6.25. The Morgan fingerprint density at radius 1 is 0.926 bits per heavy atom. The van der Waals surface area contributed by atoms with Crippen LogP contribution in [0.5, 0.6) is 5.75 Å². The molecule has 4 aromatic rings. The fourth-order valence-corrected chi connectivity index (χ4v) is 2.85. The summed E-state index contributed by atoms with van der Waals surface area (Å²) in [6.45, 7) is 0. The largest absolute Gasteiger partial charge is 0.497 e. The van der Waals surface area contributed by atoms with Crippen LogP contribution in [0, 0.1) is 0 Å². The van der Waals surface area contributed by atoms with Crippen LogP contribution >= 0.6 is 0 Å².